The van der Waals surface area contributed by atoms with Gasteiger partial charge in [-0.1, -0.05) is 0 Å². The molecule has 2 aliphatic heterocycles. The molecule has 6 atom stereocenters. The summed E-state index contributed by atoms with van der Waals surface area (Å²) in [5.74, 6) is -2.18. The molecule has 0 radical (unpaired) electrons. The van der Waals surface area contributed by atoms with Crippen LogP contribution in [0.4, 0.5) is 0 Å². The smallest absolute Gasteiger partial charge is 0.224 e. The zero-order valence-corrected chi connectivity index (χ0v) is 13.8. The lowest BCUT2D eigenvalue weighted by atomic mass is 9.87. The van der Waals surface area contributed by atoms with Crippen LogP contribution >= 0.6 is 0 Å². The summed E-state index contributed by atoms with van der Waals surface area (Å²) in [4.78, 5) is 0. The summed E-state index contributed by atoms with van der Waals surface area (Å²) in [5.41, 5.74) is 0. The van der Waals surface area contributed by atoms with Crippen LogP contribution in [0, 0.1) is 0 Å². The number of methoxy groups -OCH3 is 3. The summed E-state index contributed by atoms with van der Waals surface area (Å²) in [6, 6.07) is 0. The molecule has 0 aromatic heterocycles. The van der Waals surface area contributed by atoms with Crippen LogP contribution in [-0.4, -0.2) is 80.4 Å². The second kappa shape index (κ2) is 6.53. The van der Waals surface area contributed by atoms with Crippen molar-refractivity contribution in [3.05, 3.63) is 0 Å². The summed E-state index contributed by atoms with van der Waals surface area (Å²) in [6.07, 6.45) is -0.843. The Morgan fingerprint density at radius 3 is 2.30 bits per heavy atom. The van der Waals surface area contributed by atoms with Gasteiger partial charge in [0, 0.05) is 34.2 Å². The Balaban J connectivity index is 1.92. The van der Waals surface area contributed by atoms with Crippen LogP contribution in [0.5, 0.6) is 0 Å². The molecule has 1 spiro atoms. The second-order valence-electron chi connectivity index (χ2n) is 6.24. The molecule has 8 nitrogen and oxygen atoms in total. The van der Waals surface area contributed by atoms with E-state index in [9.17, 15) is 10.2 Å². The molecule has 1 unspecified atom stereocenters. The summed E-state index contributed by atoms with van der Waals surface area (Å²) < 4.78 is 34.6. The number of rotatable bonds is 4. The third-order valence-electron chi connectivity index (χ3n) is 5.19. The van der Waals surface area contributed by atoms with Crippen LogP contribution in [0.1, 0.15) is 25.7 Å². The summed E-state index contributed by atoms with van der Waals surface area (Å²) in [5, 5.41) is 19.9. The van der Waals surface area contributed by atoms with Crippen molar-refractivity contribution in [3.8, 4) is 0 Å². The minimum atomic E-state index is -1.13. The Labute approximate surface area is 135 Å². The minimum Gasteiger partial charge on any atom is -0.394 e. The van der Waals surface area contributed by atoms with E-state index < -0.39 is 42.3 Å². The molecule has 3 aliphatic rings. The molecule has 0 aromatic rings. The first kappa shape index (κ1) is 17.5. The number of fused-ring (bicyclic) bond motifs is 1. The van der Waals surface area contributed by atoms with Gasteiger partial charge in [0.25, 0.3) is 0 Å². The summed E-state index contributed by atoms with van der Waals surface area (Å²) in [6.45, 7) is -0.333. The van der Waals surface area contributed by atoms with Gasteiger partial charge in [-0.3, -0.25) is 0 Å². The minimum absolute atomic E-state index is 0.333. The number of aliphatic hydroxyl groups excluding tert-OH is 2. The monoisotopic (exact) mass is 334 g/mol. The standard InChI is InChI=1S/C15H26O8/c1-18-13-12-11(10(17)9(8-16)21-13)22-15(23-12)7-5-4-6-14(15,19-2)20-3/h9-13,16-17H,4-8H2,1-3H3/t9-,10-,11+,12+,13+,15?/m1/s1. The van der Waals surface area contributed by atoms with Crippen molar-refractivity contribution in [3.63, 3.8) is 0 Å². The Morgan fingerprint density at radius 1 is 1.04 bits per heavy atom. The molecule has 134 valence electrons. The van der Waals surface area contributed by atoms with Crippen LogP contribution in [0.25, 0.3) is 0 Å². The van der Waals surface area contributed by atoms with Gasteiger partial charge in [-0.05, 0) is 12.8 Å². The van der Waals surface area contributed by atoms with Gasteiger partial charge in [-0.25, -0.2) is 0 Å². The van der Waals surface area contributed by atoms with Gasteiger partial charge in [0.2, 0.25) is 11.6 Å². The van der Waals surface area contributed by atoms with E-state index in [1.54, 1.807) is 14.2 Å². The summed E-state index contributed by atoms with van der Waals surface area (Å²) in [7, 11) is 4.61. The number of hydrogen-bond donors (Lipinski definition) is 2. The van der Waals surface area contributed by atoms with Crippen LogP contribution < -0.4 is 0 Å². The van der Waals surface area contributed by atoms with Crippen LogP contribution in [-0.2, 0) is 28.4 Å². The molecular weight excluding hydrogens is 308 g/mol. The van der Waals surface area contributed by atoms with E-state index in [1.165, 1.54) is 7.11 Å². The van der Waals surface area contributed by atoms with Gasteiger partial charge >= 0.3 is 0 Å². The predicted octanol–water partition coefficient (Wildman–Crippen LogP) is -0.246. The fourth-order valence-electron chi connectivity index (χ4n) is 3.95. The molecule has 0 aromatic carbocycles. The highest BCUT2D eigenvalue weighted by Gasteiger charge is 2.67. The second-order valence-corrected chi connectivity index (χ2v) is 6.24. The van der Waals surface area contributed by atoms with Gasteiger partial charge in [-0.2, -0.15) is 0 Å². The van der Waals surface area contributed by atoms with Gasteiger partial charge < -0.3 is 38.6 Å². The maximum atomic E-state index is 10.5. The van der Waals surface area contributed by atoms with Crippen molar-refractivity contribution in [2.75, 3.05) is 27.9 Å². The SMILES string of the molecule is CO[C@H]1O[C@H](CO)[C@@H](O)[C@@H]2OC3(CCCCC3(OC)OC)O[C@H]12. The van der Waals surface area contributed by atoms with Crippen molar-refractivity contribution in [2.24, 2.45) is 0 Å². The molecule has 2 heterocycles. The molecule has 2 N–H and O–H groups in total. The highest BCUT2D eigenvalue weighted by atomic mass is 16.8. The van der Waals surface area contributed by atoms with Crippen molar-refractivity contribution in [1.29, 1.82) is 0 Å². The Kier molecular flexibility index (Phi) is 4.97. The average Bonchev–Trinajstić information content (AvgIpc) is 2.97. The zero-order chi connectivity index (χ0) is 16.7. The third-order valence-corrected chi connectivity index (χ3v) is 5.19. The van der Waals surface area contributed by atoms with Crippen LogP contribution in [0.3, 0.4) is 0 Å². The van der Waals surface area contributed by atoms with E-state index in [0.29, 0.717) is 12.8 Å². The van der Waals surface area contributed by atoms with Gasteiger partial charge in [0.05, 0.1) is 6.61 Å². The van der Waals surface area contributed by atoms with E-state index in [4.69, 9.17) is 28.4 Å². The molecule has 8 heteroatoms. The number of ether oxygens (including phenoxy) is 6. The third kappa shape index (κ3) is 2.52. The molecular formula is C15H26O8. The maximum Gasteiger partial charge on any atom is 0.224 e. The van der Waals surface area contributed by atoms with E-state index in [0.717, 1.165) is 12.8 Å². The van der Waals surface area contributed by atoms with Crippen molar-refractivity contribution in [1.82, 2.24) is 0 Å². The first-order valence-electron chi connectivity index (χ1n) is 7.99. The quantitative estimate of drug-likeness (QED) is 0.680. The number of hydrogen-bond acceptors (Lipinski definition) is 8. The fourth-order valence-corrected chi connectivity index (χ4v) is 3.95. The largest absolute Gasteiger partial charge is 0.394 e. The van der Waals surface area contributed by atoms with E-state index in [-0.39, 0.29) is 6.61 Å². The van der Waals surface area contributed by atoms with Crippen LogP contribution in [0.2, 0.25) is 0 Å². The zero-order valence-electron chi connectivity index (χ0n) is 13.8. The van der Waals surface area contributed by atoms with E-state index >= 15 is 0 Å². The topological polar surface area (TPSA) is 95.8 Å². The maximum absolute atomic E-state index is 10.5. The van der Waals surface area contributed by atoms with Crippen LogP contribution in [0.15, 0.2) is 0 Å². The fraction of sp³-hybridized carbons (Fsp3) is 1.00. The molecule has 23 heavy (non-hydrogen) atoms. The molecule has 3 fully saturated rings. The van der Waals surface area contributed by atoms with E-state index in [2.05, 4.69) is 0 Å². The molecule has 0 amide bonds. The highest BCUT2D eigenvalue weighted by molar-refractivity contribution is 5.04. The van der Waals surface area contributed by atoms with E-state index in [1.807, 2.05) is 0 Å². The molecule has 3 rings (SSSR count). The predicted molar refractivity (Wildman–Crippen MR) is 76.5 cm³/mol. The molecule has 2 saturated heterocycles. The van der Waals surface area contributed by atoms with Gasteiger partial charge in [-0.15, -0.1) is 0 Å². The lowest BCUT2D eigenvalue weighted by Crippen LogP contribution is -2.60. The highest BCUT2D eigenvalue weighted by Crippen LogP contribution is 2.51. The first-order valence-corrected chi connectivity index (χ1v) is 7.99. The van der Waals surface area contributed by atoms with Crippen molar-refractivity contribution in [2.45, 2.75) is 68.0 Å². The molecule has 1 saturated carbocycles. The first-order chi connectivity index (χ1) is 11.1. The number of aliphatic hydroxyl groups is 2. The Morgan fingerprint density at radius 2 is 1.70 bits per heavy atom. The van der Waals surface area contributed by atoms with Gasteiger partial charge in [0.1, 0.15) is 24.4 Å². The average molecular weight is 334 g/mol. The van der Waals surface area contributed by atoms with Crippen molar-refractivity contribution < 1.29 is 38.6 Å². The molecule has 1 aliphatic carbocycles. The summed E-state index contributed by atoms with van der Waals surface area (Å²) >= 11 is 0. The lowest BCUT2D eigenvalue weighted by molar-refractivity contribution is -0.390. The normalized spacial score (nSPS) is 46.0. The lowest BCUT2D eigenvalue weighted by Gasteiger charge is -2.47. The van der Waals surface area contributed by atoms with Gasteiger partial charge in [0.15, 0.2) is 6.29 Å². The Bertz CT molecular complexity index is 414. The van der Waals surface area contributed by atoms with Crippen molar-refractivity contribution >= 4 is 0 Å². The Hall–Kier alpha value is -0.320. The molecule has 0 bridgehead atoms.